The van der Waals surface area contributed by atoms with Crippen molar-refractivity contribution in [2.45, 2.75) is 0 Å². The number of ether oxygens (including phenoxy) is 1. The number of methoxy groups -OCH3 is 1. The first-order valence-corrected chi connectivity index (χ1v) is 5.59. The lowest BCUT2D eigenvalue weighted by atomic mass is 10.3. The van der Waals surface area contributed by atoms with Gasteiger partial charge >= 0.3 is 0 Å². The molecule has 0 unspecified atom stereocenters. The minimum atomic E-state index is 0.845. The maximum atomic E-state index is 5.09. The van der Waals surface area contributed by atoms with E-state index in [4.69, 9.17) is 4.74 Å². The molecule has 0 bridgehead atoms. The molecule has 4 heteroatoms. The quantitative estimate of drug-likeness (QED) is 0.932. The fourth-order valence-electron chi connectivity index (χ4n) is 1.32. The zero-order valence-electron chi connectivity index (χ0n) is 8.77. The monoisotopic (exact) mass is 278 g/mol. The number of halogens is 1. The van der Waals surface area contributed by atoms with E-state index in [0.29, 0.717) is 0 Å². The molecule has 1 aromatic carbocycles. The van der Waals surface area contributed by atoms with E-state index in [9.17, 15) is 0 Å². The highest BCUT2D eigenvalue weighted by Crippen LogP contribution is 2.21. The predicted octanol–water partition coefficient (Wildman–Crippen LogP) is 3.60. The molecule has 3 nitrogen and oxygen atoms in total. The summed E-state index contributed by atoms with van der Waals surface area (Å²) in [7, 11) is 1.65. The molecule has 1 heterocycles. The molecule has 0 aliphatic rings. The zero-order chi connectivity index (χ0) is 11.4. The Morgan fingerprint density at radius 1 is 1.12 bits per heavy atom. The fraction of sp³-hybridized carbons (Fsp3) is 0.0833. The lowest BCUT2D eigenvalue weighted by Crippen LogP contribution is -1.91. The Balaban J connectivity index is 2.14. The summed E-state index contributed by atoms with van der Waals surface area (Å²) in [6.07, 6.45) is 3.52. The van der Waals surface area contributed by atoms with Crippen LogP contribution in [0.5, 0.6) is 5.75 Å². The van der Waals surface area contributed by atoms with Crippen LogP contribution in [0.1, 0.15) is 0 Å². The normalized spacial score (nSPS) is 9.88. The van der Waals surface area contributed by atoms with Gasteiger partial charge in [-0.1, -0.05) is 0 Å². The average molecular weight is 279 g/mol. The second-order valence-electron chi connectivity index (χ2n) is 3.25. The van der Waals surface area contributed by atoms with E-state index in [1.165, 1.54) is 0 Å². The summed E-state index contributed by atoms with van der Waals surface area (Å²) in [5.74, 6) is 0.845. The van der Waals surface area contributed by atoms with Crippen LogP contribution < -0.4 is 10.1 Å². The number of anilines is 2. The summed E-state index contributed by atoms with van der Waals surface area (Å²) < 4.78 is 6.04. The van der Waals surface area contributed by atoms with Crippen LogP contribution in [0.4, 0.5) is 11.4 Å². The molecule has 0 aliphatic carbocycles. The van der Waals surface area contributed by atoms with E-state index >= 15 is 0 Å². The van der Waals surface area contributed by atoms with Crippen LogP contribution in [-0.4, -0.2) is 12.1 Å². The van der Waals surface area contributed by atoms with Gasteiger partial charge < -0.3 is 10.1 Å². The number of aromatic nitrogens is 1. The molecule has 0 atom stereocenters. The van der Waals surface area contributed by atoms with Crippen LogP contribution in [0.2, 0.25) is 0 Å². The Morgan fingerprint density at radius 2 is 1.88 bits per heavy atom. The van der Waals surface area contributed by atoms with E-state index in [1.807, 2.05) is 30.3 Å². The molecule has 0 saturated carbocycles. The summed E-state index contributed by atoms with van der Waals surface area (Å²) in [4.78, 5) is 4.08. The molecule has 2 aromatic rings. The number of pyridine rings is 1. The molecule has 1 N–H and O–H groups in total. The molecule has 0 aliphatic heterocycles. The van der Waals surface area contributed by atoms with Crippen molar-refractivity contribution in [1.82, 2.24) is 4.98 Å². The second-order valence-corrected chi connectivity index (χ2v) is 4.16. The molecule has 0 spiro atoms. The Bertz CT molecular complexity index is 471. The van der Waals surface area contributed by atoms with Crippen LogP contribution in [-0.2, 0) is 0 Å². The molecule has 16 heavy (non-hydrogen) atoms. The summed E-state index contributed by atoms with van der Waals surface area (Å²) in [6, 6.07) is 9.71. The highest BCUT2D eigenvalue weighted by Gasteiger charge is 1.96. The Kier molecular flexibility index (Phi) is 3.41. The number of hydrogen-bond donors (Lipinski definition) is 1. The highest BCUT2D eigenvalue weighted by atomic mass is 79.9. The van der Waals surface area contributed by atoms with Gasteiger partial charge in [0.1, 0.15) is 5.75 Å². The maximum absolute atomic E-state index is 5.09. The average Bonchev–Trinajstić information content (AvgIpc) is 2.30. The van der Waals surface area contributed by atoms with Crippen molar-refractivity contribution in [2.75, 3.05) is 12.4 Å². The molecular formula is C12H11BrN2O. The van der Waals surface area contributed by atoms with Gasteiger partial charge in [-0.25, -0.2) is 0 Å². The van der Waals surface area contributed by atoms with Crippen molar-refractivity contribution in [3.05, 3.63) is 47.2 Å². The lowest BCUT2D eigenvalue weighted by molar-refractivity contribution is 0.415. The summed E-state index contributed by atoms with van der Waals surface area (Å²) in [6.45, 7) is 0. The SMILES string of the molecule is COc1ccc(Nc2cncc(Br)c2)cc1. The van der Waals surface area contributed by atoms with Crippen LogP contribution in [0.15, 0.2) is 47.2 Å². The van der Waals surface area contributed by atoms with Crippen molar-refractivity contribution >= 4 is 27.3 Å². The smallest absolute Gasteiger partial charge is 0.119 e. The van der Waals surface area contributed by atoms with E-state index in [0.717, 1.165) is 21.6 Å². The van der Waals surface area contributed by atoms with Crippen LogP contribution >= 0.6 is 15.9 Å². The first-order valence-electron chi connectivity index (χ1n) is 4.79. The van der Waals surface area contributed by atoms with Crippen molar-refractivity contribution in [3.63, 3.8) is 0 Å². The predicted molar refractivity (Wildman–Crippen MR) is 68.2 cm³/mol. The van der Waals surface area contributed by atoms with Crippen molar-refractivity contribution in [2.24, 2.45) is 0 Å². The lowest BCUT2D eigenvalue weighted by Gasteiger charge is -2.07. The van der Waals surface area contributed by atoms with E-state index in [-0.39, 0.29) is 0 Å². The van der Waals surface area contributed by atoms with E-state index in [2.05, 4.69) is 26.2 Å². The molecule has 0 fully saturated rings. The van der Waals surface area contributed by atoms with Gasteiger partial charge in [0.05, 0.1) is 19.0 Å². The highest BCUT2D eigenvalue weighted by molar-refractivity contribution is 9.10. The van der Waals surface area contributed by atoms with Gasteiger partial charge in [-0.3, -0.25) is 4.98 Å². The Labute approximate surface area is 103 Å². The third-order valence-electron chi connectivity index (χ3n) is 2.08. The minimum Gasteiger partial charge on any atom is -0.497 e. The summed E-state index contributed by atoms with van der Waals surface area (Å²) >= 11 is 3.38. The third kappa shape index (κ3) is 2.73. The zero-order valence-corrected chi connectivity index (χ0v) is 10.4. The van der Waals surface area contributed by atoms with Crippen LogP contribution in [0.3, 0.4) is 0 Å². The summed E-state index contributed by atoms with van der Waals surface area (Å²) in [5.41, 5.74) is 1.94. The van der Waals surface area contributed by atoms with Gasteiger partial charge in [-0.15, -0.1) is 0 Å². The first kappa shape index (κ1) is 11.0. The van der Waals surface area contributed by atoms with Gasteiger partial charge in [-0.05, 0) is 46.3 Å². The number of rotatable bonds is 3. The van der Waals surface area contributed by atoms with Gasteiger partial charge in [0, 0.05) is 16.4 Å². The van der Waals surface area contributed by atoms with Crippen molar-refractivity contribution in [3.8, 4) is 5.75 Å². The molecule has 2 rings (SSSR count). The van der Waals surface area contributed by atoms with E-state index < -0.39 is 0 Å². The largest absolute Gasteiger partial charge is 0.497 e. The second kappa shape index (κ2) is 4.99. The molecule has 82 valence electrons. The van der Waals surface area contributed by atoms with Crippen LogP contribution in [0, 0.1) is 0 Å². The number of hydrogen-bond acceptors (Lipinski definition) is 3. The Hall–Kier alpha value is -1.55. The summed E-state index contributed by atoms with van der Waals surface area (Å²) in [5, 5.41) is 3.25. The first-order chi connectivity index (χ1) is 7.78. The number of nitrogens with zero attached hydrogens (tertiary/aromatic N) is 1. The van der Waals surface area contributed by atoms with E-state index in [1.54, 1.807) is 19.5 Å². The molecule has 0 saturated heterocycles. The molecule has 1 aromatic heterocycles. The topological polar surface area (TPSA) is 34.1 Å². The molecule has 0 amide bonds. The van der Waals surface area contributed by atoms with Gasteiger partial charge in [0.15, 0.2) is 0 Å². The van der Waals surface area contributed by atoms with Gasteiger partial charge in [0.2, 0.25) is 0 Å². The van der Waals surface area contributed by atoms with Gasteiger partial charge in [0.25, 0.3) is 0 Å². The van der Waals surface area contributed by atoms with Gasteiger partial charge in [-0.2, -0.15) is 0 Å². The fourth-order valence-corrected chi connectivity index (χ4v) is 1.69. The minimum absolute atomic E-state index is 0.845. The third-order valence-corrected chi connectivity index (χ3v) is 2.52. The standard InChI is InChI=1S/C12H11BrN2O/c1-16-12-4-2-10(3-5-12)15-11-6-9(13)7-14-8-11/h2-8,15H,1H3. The maximum Gasteiger partial charge on any atom is 0.119 e. The van der Waals surface area contributed by atoms with Crippen molar-refractivity contribution in [1.29, 1.82) is 0 Å². The molecular weight excluding hydrogens is 268 g/mol. The van der Waals surface area contributed by atoms with Crippen molar-refractivity contribution < 1.29 is 4.74 Å². The number of nitrogens with one attached hydrogen (secondary N) is 1. The molecule has 0 radical (unpaired) electrons. The Morgan fingerprint density at radius 3 is 2.50 bits per heavy atom. The van der Waals surface area contributed by atoms with Crippen LogP contribution in [0.25, 0.3) is 0 Å². The number of benzene rings is 1.